The molecule has 0 heterocycles. The zero-order valence-corrected chi connectivity index (χ0v) is 8.60. The average molecular weight is 180 g/mol. The molecule has 0 radical (unpaired) electrons. The van der Waals surface area contributed by atoms with Crippen LogP contribution in [0.3, 0.4) is 0 Å². The SMILES string of the molecule is CCSC(C)Cc1ccccc1. The standard InChI is InChI=1S/C11H16S/c1-3-12-10(2)9-11-7-5-4-6-8-11/h4-8,10H,3,9H2,1-2H3. The number of hydrogen-bond donors (Lipinski definition) is 0. The lowest BCUT2D eigenvalue weighted by atomic mass is 10.1. The van der Waals surface area contributed by atoms with Crippen LogP contribution >= 0.6 is 11.8 Å². The maximum absolute atomic E-state index is 2.29. The van der Waals surface area contributed by atoms with Gasteiger partial charge in [-0.15, -0.1) is 0 Å². The Morgan fingerprint density at radius 1 is 1.25 bits per heavy atom. The van der Waals surface area contributed by atoms with Gasteiger partial charge in [0.15, 0.2) is 0 Å². The Morgan fingerprint density at radius 2 is 1.92 bits per heavy atom. The monoisotopic (exact) mass is 180 g/mol. The summed E-state index contributed by atoms with van der Waals surface area (Å²) in [7, 11) is 0. The zero-order valence-electron chi connectivity index (χ0n) is 7.79. The Labute approximate surface area is 79.4 Å². The average Bonchev–Trinajstić information content (AvgIpc) is 2.06. The summed E-state index contributed by atoms with van der Waals surface area (Å²) in [5.41, 5.74) is 1.45. The summed E-state index contributed by atoms with van der Waals surface area (Å²) < 4.78 is 0. The van der Waals surface area contributed by atoms with Gasteiger partial charge in [0.25, 0.3) is 0 Å². The zero-order chi connectivity index (χ0) is 8.81. The molecule has 1 atom stereocenters. The molecule has 0 aromatic heterocycles. The van der Waals surface area contributed by atoms with E-state index in [2.05, 4.69) is 44.2 Å². The molecule has 1 aromatic carbocycles. The molecular formula is C11H16S. The molecule has 0 bridgehead atoms. The molecule has 0 saturated carbocycles. The Bertz CT molecular complexity index is 206. The van der Waals surface area contributed by atoms with Gasteiger partial charge in [0.05, 0.1) is 0 Å². The molecule has 1 rings (SSSR count). The minimum atomic E-state index is 0.748. The van der Waals surface area contributed by atoms with Crippen molar-refractivity contribution in [1.29, 1.82) is 0 Å². The predicted molar refractivity (Wildman–Crippen MR) is 57.7 cm³/mol. The number of hydrogen-bond acceptors (Lipinski definition) is 1. The molecule has 0 amide bonds. The van der Waals surface area contributed by atoms with E-state index in [9.17, 15) is 0 Å². The van der Waals surface area contributed by atoms with E-state index >= 15 is 0 Å². The van der Waals surface area contributed by atoms with Crippen molar-refractivity contribution in [3.05, 3.63) is 35.9 Å². The van der Waals surface area contributed by atoms with E-state index in [1.165, 1.54) is 17.7 Å². The van der Waals surface area contributed by atoms with Gasteiger partial charge in [0.2, 0.25) is 0 Å². The van der Waals surface area contributed by atoms with Gasteiger partial charge in [-0.05, 0) is 17.7 Å². The fraction of sp³-hybridized carbons (Fsp3) is 0.455. The Hall–Kier alpha value is -0.430. The molecule has 0 aliphatic carbocycles. The molecular weight excluding hydrogens is 164 g/mol. The van der Waals surface area contributed by atoms with Crippen molar-refractivity contribution in [2.45, 2.75) is 25.5 Å². The molecule has 0 nitrogen and oxygen atoms in total. The lowest BCUT2D eigenvalue weighted by Crippen LogP contribution is -2.01. The number of thioether (sulfide) groups is 1. The molecule has 1 heteroatoms. The summed E-state index contributed by atoms with van der Waals surface area (Å²) in [6, 6.07) is 10.7. The largest absolute Gasteiger partial charge is 0.159 e. The molecule has 0 N–H and O–H groups in total. The molecule has 12 heavy (non-hydrogen) atoms. The van der Waals surface area contributed by atoms with Crippen molar-refractivity contribution in [2.75, 3.05) is 5.75 Å². The summed E-state index contributed by atoms with van der Waals surface area (Å²) in [6.45, 7) is 4.51. The van der Waals surface area contributed by atoms with Gasteiger partial charge < -0.3 is 0 Å². The highest BCUT2D eigenvalue weighted by atomic mass is 32.2. The minimum Gasteiger partial charge on any atom is -0.159 e. The van der Waals surface area contributed by atoms with Crippen LogP contribution < -0.4 is 0 Å². The second-order valence-corrected chi connectivity index (χ2v) is 4.67. The quantitative estimate of drug-likeness (QED) is 0.684. The second kappa shape index (κ2) is 5.26. The van der Waals surface area contributed by atoms with E-state index in [0.29, 0.717) is 0 Å². The first-order valence-electron chi connectivity index (χ1n) is 4.48. The maximum Gasteiger partial charge on any atom is 0.00590 e. The van der Waals surface area contributed by atoms with Crippen LogP contribution in [0, 0.1) is 0 Å². The van der Waals surface area contributed by atoms with E-state index in [4.69, 9.17) is 0 Å². The van der Waals surface area contributed by atoms with E-state index in [0.717, 1.165) is 5.25 Å². The van der Waals surface area contributed by atoms with E-state index in [1.54, 1.807) is 0 Å². The lowest BCUT2D eigenvalue weighted by molar-refractivity contribution is 0.943. The fourth-order valence-corrected chi connectivity index (χ4v) is 2.17. The number of benzene rings is 1. The fourth-order valence-electron chi connectivity index (χ4n) is 1.29. The van der Waals surface area contributed by atoms with Gasteiger partial charge in [-0.3, -0.25) is 0 Å². The highest BCUT2D eigenvalue weighted by Crippen LogP contribution is 2.14. The van der Waals surface area contributed by atoms with Crippen molar-refractivity contribution in [1.82, 2.24) is 0 Å². The maximum atomic E-state index is 2.29. The van der Waals surface area contributed by atoms with Crippen LogP contribution in [0.4, 0.5) is 0 Å². The summed E-state index contributed by atoms with van der Waals surface area (Å²) in [6.07, 6.45) is 1.19. The Kier molecular flexibility index (Phi) is 4.23. The van der Waals surface area contributed by atoms with E-state index in [-0.39, 0.29) is 0 Å². The van der Waals surface area contributed by atoms with Gasteiger partial charge in [-0.1, -0.05) is 44.2 Å². The topological polar surface area (TPSA) is 0 Å². The summed E-state index contributed by atoms with van der Waals surface area (Å²) in [4.78, 5) is 0. The van der Waals surface area contributed by atoms with Gasteiger partial charge in [0.1, 0.15) is 0 Å². The van der Waals surface area contributed by atoms with Crippen LogP contribution in [0.1, 0.15) is 19.4 Å². The van der Waals surface area contributed by atoms with Crippen LogP contribution in [0.15, 0.2) is 30.3 Å². The van der Waals surface area contributed by atoms with Crippen molar-refractivity contribution in [3.8, 4) is 0 Å². The smallest absolute Gasteiger partial charge is 0.00590 e. The molecule has 0 aliphatic rings. The molecule has 1 unspecified atom stereocenters. The van der Waals surface area contributed by atoms with Crippen molar-refractivity contribution < 1.29 is 0 Å². The van der Waals surface area contributed by atoms with Crippen LogP contribution in [0.25, 0.3) is 0 Å². The third kappa shape index (κ3) is 3.31. The normalized spacial score (nSPS) is 12.8. The third-order valence-corrected chi connectivity index (χ3v) is 2.89. The Balaban J connectivity index is 2.41. The van der Waals surface area contributed by atoms with Crippen LogP contribution in [0.5, 0.6) is 0 Å². The highest BCUT2D eigenvalue weighted by molar-refractivity contribution is 7.99. The first-order valence-corrected chi connectivity index (χ1v) is 5.53. The minimum absolute atomic E-state index is 0.748. The van der Waals surface area contributed by atoms with Gasteiger partial charge in [-0.2, -0.15) is 11.8 Å². The van der Waals surface area contributed by atoms with Crippen molar-refractivity contribution in [3.63, 3.8) is 0 Å². The van der Waals surface area contributed by atoms with Crippen molar-refractivity contribution in [2.24, 2.45) is 0 Å². The molecule has 0 fully saturated rings. The first-order chi connectivity index (χ1) is 5.83. The first kappa shape index (κ1) is 9.66. The van der Waals surface area contributed by atoms with Gasteiger partial charge in [-0.25, -0.2) is 0 Å². The second-order valence-electron chi connectivity index (χ2n) is 2.96. The van der Waals surface area contributed by atoms with E-state index < -0.39 is 0 Å². The summed E-state index contributed by atoms with van der Waals surface area (Å²) in [5, 5.41) is 0.748. The van der Waals surface area contributed by atoms with E-state index in [1.807, 2.05) is 11.8 Å². The molecule has 0 saturated heterocycles. The Morgan fingerprint density at radius 3 is 2.50 bits per heavy atom. The summed E-state index contributed by atoms with van der Waals surface area (Å²) >= 11 is 2.03. The van der Waals surface area contributed by atoms with Gasteiger partial charge >= 0.3 is 0 Å². The molecule has 66 valence electrons. The van der Waals surface area contributed by atoms with Gasteiger partial charge in [0, 0.05) is 5.25 Å². The lowest BCUT2D eigenvalue weighted by Gasteiger charge is -2.08. The van der Waals surface area contributed by atoms with Crippen LogP contribution in [-0.2, 0) is 6.42 Å². The van der Waals surface area contributed by atoms with Crippen molar-refractivity contribution >= 4 is 11.8 Å². The molecule has 1 aromatic rings. The predicted octanol–water partition coefficient (Wildman–Crippen LogP) is 3.37. The van der Waals surface area contributed by atoms with Crippen LogP contribution in [0.2, 0.25) is 0 Å². The third-order valence-electron chi connectivity index (χ3n) is 1.82. The molecule has 0 spiro atoms. The summed E-state index contributed by atoms with van der Waals surface area (Å²) in [5.74, 6) is 1.22. The number of rotatable bonds is 4. The highest BCUT2D eigenvalue weighted by Gasteiger charge is 2.01. The van der Waals surface area contributed by atoms with Crippen LogP contribution in [-0.4, -0.2) is 11.0 Å². The molecule has 0 aliphatic heterocycles.